The molecule has 0 unspecified atom stereocenters. The van der Waals surface area contributed by atoms with Crippen molar-refractivity contribution in [3.05, 3.63) is 11.1 Å². The van der Waals surface area contributed by atoms with Gasteiger partial charge in [0.15, 0.2) is 5.13 Å². The molecule has 0 aromatic carbocycles. The van der Waals surface area contributed by atoms with Crippen molar-refractivity contribution in [2.24, 2.45) is 0 Å². The second-order valence-electron chi connectivity index (χ2n) is 4.64. The van der Waals surface area contributed by atoms with Gasteiger partial charge in [0, 0.05) is 11.9 Å². The summed E-state index contributed by atoms with van der Waals surface area (Å²) in [4.78, 5) is 4.44. The van der Waals surface area contributed by atoms with E-state index in [1.807, 2.05) is 0 Å². The molecule has 2 N–H and O–H groups in total. The van der Waals surface area contributed by atoms with Crippen molar-refractivity contribution in [3.63, 3.8) is 0 Å². The van der Waals surface area contributed by atoms with Crippen molar-refractivity contribution >= 4 is 16.5 Å². The summed E-state index contributed by atoms with van der Waals surface area (Å²) >= 11 is 1.63. The van der Waals surface area contributed by atoms with Crippen molar-refractivity contribution in [2.75, 3.05) is 11.9 Å². The molecule has 0 bridgehead atoms. The van der Waals surface area contributed by atoms with E-state index < -0.39 is 5.60 Å². The van der Waals surface area contributed by atoms with Gasteiger partial charge in [-0.05, 0) is 19.3 Å². The first kappa shape index (κ1) is 11.9. The van der Waals surface area contributed by atoms with Crippen molar-refractivity contribution < 1.29 is 5.11 Å². The lowest BCUT2D eigenvalue weighted by atomic mass is 9.85. The van der Waals surface area contributed by atoms with Gasteiger partial charge in [0.2, 0.25) is 0 Å². The number of aryl methyl sites for hydroxylation is 1. The molecule has 90 valence electrons. The van der Waals surface area contributed by atoms with Gasteiger partial charge in [0.1, 0.15) is 0 Å². The Morgan fingerprint density at radius 1 is 1.44 bits per heavy atom. The van der Waals surface area contributed by atoms with Gasteiger partial charge in [0.05, 0.1) is 11.3 Å². The Morgan fingerprint density at radius 3 is 2.81 bits per heavy atom. The molecule has 3 nitrogen and oxygen atoms in total. The monoisotopic (exact) mass is 240 g/mol. The van der Waals surface area contributed by atoms with Crippen molar-refractivity contribution in [3.8, 4) is 0 Å². The molecule has 1 aromatic rings. The molecule has 0 atom stereocenters. The molecule has 1 aromatic heterocycles. The van der Waals surface area contributed by atoms with Crippen molar-refractivity contribution in [1.82, 2.24) is 4.98 Å². The molecule has 0 spiro atoms. The minimum atomic E-state index is -0.504. The van der Waals surface area contributed by atoms with Crippen LogP contribution in [0.1, 0.15) is 44.7 Å². The van der Waals surface area contributed by atoms with Crippen molar-refractivity contribution in [1.29, 1.82) is 0 Å². The van der Waals surface area contributed by atoms with Gasteiger partial charge in [-0.25, -0.2) is 4.98 Å². The highest BCUT2D eigenvalue weighted by molar-refractivity contribution is 7.13. The molecule has 1 aliphatic carbocycles. The topological polar surface area (TPSA) is 45.1 Å². The van der Waals surface area contributed by atoms with Gasteiger partial charge in [-0.15, -0.1) is 11.3 Å². The van der Waals surface area contributed by atoms with E-state index in [0.29, 0.717) is 6.54 Å². The first-order valence-electron chi connectivity index (χ1n) is 6.12. The quantitative estimate of drug-likeness (QED) is 0.850. The van der Waals surface area contributed by atoms with E-state index in [4.69, 9.17) is 0 Å². The van der Waals surface area contributed by atoms with E-state index in [-0.39, 0.29) is 0 Å². The fraction of sp³-hybridized carbons (Fsp3) is 0.750. The number of aromatic nitrogens is 1. The van der Waals surface area contributed by atoms with Crippen LogP contribution in [-0.4, -0.2) is 22.2 Å². The summed E-state index contributed by atoms with van der Waals surface area (Å²) in [5.41, 5.74) is 0.624. The largest absolute Gasteiger partial charge is 0.388 e. The van der Waals surface area contributed by atoms with Gasteiger partial charge in [-0.3, -0.25) is 0 Å². The highest BCUT2D eigenvalue weighted by Crippen LogP contribution is 2.28. The molecule has 2 rings (SSSR count). The number of hydrogen-bond acceptors (Lipinski definition) is 4. The van der Waals surface area contributed by atoms with Crippen LogP contribution < -0.4 is 5.32 Å². The van der Waals surface area contributed by atoms with E-state index in [1.165, 1.54) is 6.42 Å². The third-order valence-corrected chi connectivity index (χ3v) is 4.12. The minimum Gasteiger partial charge on any atom is -0.388 e. The van der Waals surface area contributed by atoms with Crippen LogP contribution in [0.5, 0.6) is 0 Å². The Balaban J connectivity index is 1.86. The summed E-state index contributed by atoms with van der Waals surface area (Å²) in [7, 11) is 0. The Labute approximate surface area is 101 Å². The number of nitrogens with one attached hydrogen (secondary N) is 1. The Hall–Kier alpha value is -0.610. The predicted octanol–water partition coefficient (Wildman–Crippen LogP) is 2.81. The zero-order valence-corrected chi connectivity index (χ0v) is 10.6. The first-order valence-corrected chi connectivity index (χ1v) is 7.00. The van der Waals surface area contributed by atoms with E-state index in [1.54, 1.807) is 11.3 Å². The summed E-state index contributed by atoms with van der Waals surface area (Å²) in [5, 5.41) is 16.6. The van der Waals surface area contributed by atoms with Crippen molar-refractivity contribution in [2.45, 2.75) is 51.0 Å². The lowest BCUT2D eigenvalue weighted by molar-refractivity contribution is 0.0167. The Kier molecular flexibility index (Phi) is 3.82. The molecule has 4 heteroatoms. The maximum Gasteiger partial charge on any atom is 0.182 e. The number of rotatable bonds is 4. The first-order chi connectivity index (χ1) is 7.72. The van der Waals surface area contributed by atoms with E-state index in [0.717, 1.165) is 42.9 Å². The average Bonchev–Trinajstić information content (AvgIpc) is 2.75. The molecule has 1 aliphatic rings. The molecule has 1 saturated carbocycles. The van der Waals surface area contributed by atoms with Crippen LogP contribution in [0.15, 0.2) is 5.38 Å². The molecule has 0 amide bonds. The third-order valence-electron chi connectivity index (χ3n) is 3.27. The molecule has 0 aliphatic heterocycles. The molecule has 16 heavy (non-hydrogen) atoms. The second kappa shape index (κ2) is 5.15. The van der Waals surface area contributed by atoms with E-state index in [9.17, 15) is 5.11 Å². The van der Waals surface area contributed by atoms with Crippen LogP contribution in [0.3, 0.4) is 0 Å². The number of aliphatic hydroxyl groups is 1. The maximum atomic E-state index is 10.3. The van der Waals surface area contributed by atoms with Crippen LogP contribution in [0.4, 0.5) is 5.13 Å². The molecular formula is C12H20N2OS. The fourth-order valence-corrected chi connectivity index (χ4v) is 2.97. The third kappa shape index (κ3) is 2.95. The van der Waals surface area contributed by atoms with Gasteiger partial charge in [0.25, 0.3) is 0 Å². The fourth-order valence-electron chi connectivity index (χ4n) is 2.18. The number of thiazole rings is 1. The number of hydrogen-bond donors (Lipinski definition) is 2. The smallest absolute Gasteiger partial charge is 0.182 e. The van der Waals surface area contributed by atoms with E-state index >= 15 is 0 Å². The highest BCUT2D eigenvalue weighted by Gasteiger charge is 2.28. The van der Waals surface area contributed by atoms with Crippen LogP contribution >= 0.6 is 11.3 Å². The number of nitrogens with zero attached hydrogens (tertiary/aromatic N) is 1. The molecule has 0 radical (unpaired) electrons. The summed E-state index contributed by atoms with van der Waals surface area (Å²) < 4.78 is 0. The SMILES string of the molecule is CCc1csc(NCC2(O)CCCCC2)n1. The average molecular weight is 240 g/mol. The van der Waals surface area contributed by atoms with Crippen LogP contribution in [0.2, 0.25) is 0 Å². The summed E-state index contributed by atoms with van der Waals surface area (Å²) in [6, 6.07) is 0. The highest BCUT2D eigenvalue weighted by atomic mass is 32.1. The summed E-state index contributed by atoms with van der Waals surface area (Å²) in [5.74, 6) is 0. The lowest BCUT2D eigenvalue weighted by Gasteiger charge is -2.32. The van der Waals surface area contributed by atoms with E-state index in [2.05, 4.69) is 22.6 Å². The normalized spacial score (nSPS) is 19.6. The standard InChI is InChI=1S/C12H20N2OS/c1-2-10-8-16-11(14-10)13-9-12(15)6-4-3-5-7-12/h8,15H,2-7,9H2,1H3,(H,13,14). The zero-order valence-electron chi connectivity index (χ0n) is 9.83. The molecule has 1 heterocycles. The Morgan fingerprint density at radius 2 is 2.19 bits per heavy atom. The Bertz CT molecular complexity index is 332. The molecular weight excluding hydrogens is 220 g/mol. The van der Waals surface area contributed by atoms with Gasteiger partial charge < -0.3 is 10.4 Å². The van der Waals surface area contributed by atoms with Crippen LogP contribution in [-0.2, 0) is 6.42 Å². The van der Waals surface area contributed by atoms with Gasteiger partial charge in [-0.2, -0.15) is 0 Å². The predicted molar refractivity (Wildman–Crippen MR) is 68.0 cm³/mol. The molecule has 0 saturated heterocycles. The van der Waals surface area contributed by atoms with Crippen LogP contribution in [0.25, 0.3) is 0 Å². The van der Waals surface area contributed by atoms with Crippen LogP contribution in [0, 0.1) is 0 Å². The maximum absolute atomic E-state index is 10.3. The van der Waals surface area contributed by atoms with Gasteiger partial charge >= 0.3 is 0 Å². The number of anilines is 1. The van der Waals surface area contributed by atoms with Gasteiger partial charge in [-0.1, -0.05) is 26.2 Å². The second-order valence-corrected chi connectivity index (χ2v) is 5.49. The zero-order chi connectivity index (χ0) is 11.4. The lowest BCUT2D eigenvalue weighted by Crippen LogP contribution is -2.38. The molecule has 1 fully saturated rings. The summed E-state index contributed by atoms with van der Waals surface area (Å²) in [6.45, 7) is 2.75. The summed E-state index contributed by atoms with van der Waals surface area (Å²) in [6.07, 6.45) is 6.38. The minimum absolute atomic E-state index is 0.504.